The molecule has 2 aromatic carbocycles. The van der Waals surface area contributed by atoms with Crippen molar-refractivity contribution in [2.24, 2.45) is 14.1 Å². The lowest BCUT2D eigenvalue weighted by Crippen LogP contribution is -2.30. The molecule has 0 spiro atoms. The highest BCUT2D eigenvalue weighted by molar-refractivity contribution is 7.92. The summed E-state index contributed by atoms with van der Waals surface area (Å²) in [5, 5.41) is 0. The lowest BCUT2D eigenvalue weighted by atomic mass is 10.1. The maximum absolute atomic E-state index is 12.5. The molecule has 13 nitrogen and oxygen atoms in total. The second-order valence-corrected chi connectivity index (χ2v) is 17.4. The summed E-state index contributed by atoms with van der Waals surface area (Å²) in [4.78, 5) is 25.0. The van der Waals surface area contributed by atoms with Gasteiger partial charge < -0.3 is 18.9 Å². The van der Waals surface area contributed by atoms with Crippen LogP contribution in [0.25, 0.3) is 0 Å². The number of nitrogens with zero attached hydrogens (tertiary/aromatic N) is 6. The molecule has 0 saturated carbocycles. The number of benzene rings is 2. The molecule has 6 rings (SSSR count). The molecule has 0 saturated heterocycles. The number of aryl methyl sites for hydroxylation is 2. The van der Waals surface area contributed by atoms with Crippen LogP contribution in [0.4, 0.5) is 22.7 Å². The van der Waals surface area contributed by atoms with E-state index in [1.807, 2.05) is 55.3 Å². The van der Waals surface area contributed by atoms with Crippen LogP contribution in [0.3, 0.4) is 0 Å². The SMILES string of the molecule is C.C=C=C=C=C=C=C=C=C=C=C=C=C=C=C=C=C=C=C=C=C.Cn1cnc(CC(=O)N2CCc3ccc(NS(C)(=O)=O)cc32)c1.Cn1cnc(CCN2CCc3ccc(NS(C)(=O)=O)cc32)c1. The number of carbonyl (C=O) groups is 1. The molecule has 4 heterocycles. The van der Waals surface area contributed by atoms with Crippen molar-refractivity contribution >= 4 is 48.7 Å². The number of fused-ring (bicyclic) bond motifs is 2. The molecule has 0 radical (unpaired) electrons. The second kappa shape index (κ2) is 26.7. The zero-order valence-electron chi connectivity index (χ0n) is 36.7. The Kier molecular flexibility index (Phi) is 21.0. The van der Waals surface area contributed by atoms with Gasteiger partial charge >= 0.3 is 0 Å². The minimum absolute atomic E-state index is 0. The van der Waals surface area contributed by atoms with Crippen molar-refractivity contribution in [3.63, 3.8) is 0 Å². The highest BCUT2D eigenvalue weighted by Gasteiger charge is 2.26. The van der Waals surface area contributed by atoms with Crippen LogP contribution in [-0.2, 0) is 64.6 Å². The third kappa shape index (κ3) is 19.6. The molecular weight excluding hydrogens is 881 g/mol. The summed E-state index contributed by atoms with van der Waals surface area (Å²) in [6.45, 7) is 9.04. The van der Waals surface area contributed by atoms with E-state index >= 15 is 0 Å². The van der Waals surface area contributed by atoms with E-state index < -0.39 is 20.0 Å². The molecule has 1 amide bonds. The van der Waals surface area contributed by atoms with Gasteiger partial charge in [0, 0.05) is 69.7 Å². The number of nitrogens with one attached hydrogen (secondary N) is 2. The summed E-state index contributed by atoms with van der Waals surface area (Å²) in [6, 6.07) is 11.0. The van der Waals surface area contributed by atoms with E-state index in [1.165, 1.54) is 11.8 Å². The molecule has 0 aliphatic carbocycles. The molecule has 2 aliphatic rings. The zero-order chi connectivity index (χ0) is 47.8. The Balaban J connectivity index is 0.000000265. The Labute approximate surface area is 392 Å². The maximum Gasteiger partial charge on any atom is 0.233 e. The van der Waals surface area contributed by atoms with Gasteiger partial charge in [-0.1, -0.05) is 31.0 Å². The summed E-state index contributed by atoms with van der Waals surface area (Å²) in [7, 11) is -2.77. The van der Waals surface area contributed by atoms with Gasteiger partial charge in [-0.15, -0.1) is 0 Å². The number of imidazole rings is 2. The normalized spacial score (nSPS) is 10.6. The number of sulfonamides is 2. The number of hydrogen-bond donors (Lipinski definition) is 2. The fraction of sp³-hybridized carbons (Fsp3) is 0.231. The molecule has 0 fully saturated rings. The van der Waals surface area contributed by atoms with Gasteiger partial charge in [-0.2, -0.15) is 0 Å². The Morgan fingerprint density at radius 3 is 1.43 bits per heavy atom. The topological polar surface area (TPSA) is 152 Å². The first-order valence-corrected chi connectivity index (χ1v) is 23.4. The van der Waals surface area contributed by atoms with E-state index in [0.29, 0.717) is 17.9 Å². The maximum atomic E-state index is 12.5. The average Bonchev–Trinajstić information content (AvgIpc) is 4.07. The molecule has 336 valence electrons. The van der Waals surface area contributed by atoms with E-state index in [2.05, 4.69) is 146 Å². The summed E-state index contributed by atoms with van der Waals surface area (Å²) in [5.74, 6) is -0.0426. The van der Waals surface area contributed by atoms with E-state index in [9.17, 15) is 21.6 Å². The highest BCUT2D eigenvalue weighted by Crippen LogP contribution is 2.32. The summed E-state index contributed by atoms with van der Waals surface area (Å²) in [5.41, 5.74) is 54.0. The fourth-order valence-electron chi connectivity index (χ4n) is 6.08. The summed E-state index contributed by atoms with van der Waals surface area (Å²) in [6.07, 6.45) is 12.4. The first-order valence-electron chi connectivity index (χ1n) is 19.6. The molecule has 2 aromatic heterocycles. The van der Waals surface area contributed by atoms with Crippen molar-refractivity contribution < 1.29 is 21.6 Å². The van der Waals surface area contributed by atoms with Crippen molar-refractivity contribution in [2.75, 3.05) is 51.4 Å². The molecule has 0 unspecified atom stereocenters. The van der Waals surface area contributed by atoms with Crippen LogP contribution >= 0.6 is 0 Å². The largest absolute Gasteiger partial charge is 0.371 e. The lowest BCUT2D eigenvalue weighted by molar-refractivity contribution is -0.117. The van der Waals surface area contributed by atoms with Crippen LogP contribution in [-0.4, -0.2) is 74.0 Å². The van der Waals surface area contributed by atoms with Crippen LogP contribution in [0.2, 0.25) is 0 Å². The zero-order valence-corrected chi connectivity index (χ0v) is 38.3. The number of amides is 1. The molecule has 4 aromatic rings. The number of anilines is 4. The molecule has 67 heavy (non-hydrogen) atoms. The van der Waals surface area contributed by atoms with Crippen molar-refractivity contribution in [3.05, 3.63) is 206 Å². The Morgan fingerprint density at radius 1 is 0.612 bits per heavy atom. The third-order valence-electron chi connectivity index (χ3n) is 8.63. The molecule has 15 heteroatoms. The molecule has 2 aliphatic heterocycles. The Bertz CT molecular complexity index is 3410. The van der Waals surface area contributed by atoms with Gasteiger partial charge in [-0.05, 0) is 153 Å². The standard InChI is InChI=1S/C21H4.C15H18N4O3S.C15H20N4O2S.CH4/c1-3-5-7-9-11-13-15-17-19-21-20-18-16-14-12-10-8-6-4-2;1-18-9-13(16-10-18)8-15(20)19-6-5-11-3-4-12(7-14(11)19)17-23(2,21)22;1-18-10-14(16-11-18)6-8-19-7-5-12-3-4-13(9-15(12)19)17-22(2,20)21;/h1-2H2;3-4,7,9-10,17H,5-6,8H2,1-2H3;3-4,9-11,17H,5-8H2,1-2H3;1H4. The summed E-state index contributed by atoms with van der Waals surface area (Å²) >= 11 is 0. The highest BCUT2D eigenvalue weighted by atomic mass is 32.2. The predicted molar refractivity (Wildman–Crippen MR) is 260 cm³/mol. The van der Waals surface area contributed by atoms with Crippen LogP contribution in [0, 0.1) is 0 Å². The number of hydrogen-bond acceptors (Lipinski definition) is 8. The van der Waals surface area contributed by atoms with Crippen molar-refractivity contribution in [1.82, 2.24) is 19.1 Å². The predicted octanol–water partition coefficient (Wildman–Crippen LogP) is 6.71. The van der Waals surface area contributed by atoms with Crippen molar-refractivity contribution in [3.8, 4) is 0 Å². The molecule has 2 N–H and O–H groups in total. The number of carbonyl (C=O) groups excluding carboxylic acids is 1. The monoisotopic (exact) mass is 926 g/mol. The van der Waals surface area contributed by atoms with Gasteiger partial charge in [0.05, 0.1) is 54.3 Å². The van der Waals surface area contributed by atoms with Crippen molar-refractivity contribution in [1.29, 1.82) is 0 Å². The first-order chi connectivity index (χ1) is 31.6. The lowest BCUT2D eigenvalue weighted by Gasteiger charge is -2.19. The quantitative estimate of drug-likeness (QED) is 0.176. The van der Waals surface area contributed by atoms with E-state index in [0.717, 1.165) is 66.9 Å². The van der Waals surface area contributed by atoms with Crippen LogP contribution in [0.5, 0.6) is 0 Å². The van der Waals surface area contributed by atoms with E-state index in [-0.39, 0.29) is 19.8 Å². The van der Waals surface area contributed by atoms with Gasteiger partial charge in [0.25, 0.3) is 0 Å². The molecule has 0 atom stereocenters. The third-order valence-corrected chi connectivity index (χ3v) is 9.84. The van der Waals surface area contributed by atoms with Gasteiger partial charge in [-0.25, -0.2) is 26.8 Å². The Morgan fingerprint density at radius 2 is 1.01 bits per heavy atom. The number of aromatic nitrogens is 4. The van der Waals surface area contributed by atoms with Gasteiger partial charge in [0.15, 0.2) is 0 Å². The average molecular weight is 927 g/mol. The second-order valence-electron chi connectivity index (χ2n) is 13.9. The van der Waals surface area contributed by atoms with Gasteiger partial charge in [-0.3, -0.25) is 14.2 Å². The van der Waals surface area contributed by atoms with Crippen LogP contribution in [0.1, 0.15) is 29.9 Å². The Hall–Kier alpha value is -8.81. The first kappa shape index (κ1) is 52.5. The van der Waals surface area contributed by atoms with Crippen molar-refractivity contribution in [2.45, 2.75) is 33.1 Å². The fourth-order valence-corrected chi connectivity index (χ4v) is 7.19. The van der Waals surface area contributed by atoms with Crippen LogP contribution < -0.4 is 19.2 Å². The molecule has 0 bridgehead atoms. The van der Waals surface area contributed by atoms with E-state index in [4.69, 9.17) is 0 Å². The molecular formula is C52H46N8O5S2. The minimum Gasteiger partial charge on any atom is -0.371 e. The minimum atomic E-state index is -3.34. The number of rotatable bonds is 9. The summed E-state index contributed by atoms with van der Waals surface area (Å²) < 4.78 is 54.2. The van der Waals surface area contributed by atoms with E-state index in [1.54, 1.807) is 34.3 Å². The van der Waals surface area contributed by atoms with Gasteiger partial charge in [0.2, 0.25) is 26.0 Å². The van der Waals surface area contributed by atoms with Gasteiger partial charge in [0.1, 0.15) is 0 Å². The van der Waals surface area contributed by atoms with Crippen LogP contribution in [0.15, 0.2) is 183 Å². The smallest absolute Gasteiger partial charge is 0.233 e.